The third-order valence-corrected chi connectivity index (χ3v) is 6.53. The summed E-state index contributed by atoms with van der Waals surface area (Å²) in [5.41, 5.74) is 7.78. The zero-order chi connectivity index (χ0) is 22.8. The monoisotopic (exact) mass is 467 g/mol. The van der Waals surface area contributed by atoms with Crippen molar-refractivity contribution < 1.29 is 9.84 Å². The molecule has 0 aliphatic rings. The summed E-state index contributed by atoms with van der Waals surface area (Å²) in [5.74, 6) is 0.844. The van der Waals surface area contributed by atoms with Crippen molar-refractivity contribution >= 4 is 23.4 Å². The van der Waals surface area contributed by atoms with E-state index in [9.17, 15) is 5.11 Å². The predicted octanol–water partition coefficient (Wildman–Crippen LogP) is 6.66. The van der Waals surface area contributed by atoms with Crippen molar-refractivity contribution in [2.45, 2.75) is 48.1 Å². The molecule has 0 fully saturated rings. The van der Waals surface area contributed by atoms with Crippen LogP contribution in [0, 0.1) is 0 Å². The van der Waals surface area contributed by atoms with Gasteiger partial charge in [-0.25, -0.2) is 0 Å². The molecule has 0 aliphatic heterocycles. The smallest absolute Gasteiger partial charge is 0.120 e. The molecule has 3 N–H and O–H groups in total. The minimum atomic E-state index is -0.662. The molecule has 0 spiro atoms. The molecule has 0 radical (unpaired) electrons. The summed E-state index contributed by atoms with van der Waals surface area (Å²) in [5, 5.41) is 10.3. The highest BCUT2D eigenvalue weighted by Crippen LogP contribution is 2.33. The van der Waals surface area contributed by atoms with Crippen molar-refractivity contribution in [1.29, 1.82) is 0 Å². The highest BCUT2D eigenvalue weighted by Gasteiger charge is 2.19. The molecule has 32 heavy (non-hydrogen) atoms. The molecule has 1 unspecified atom stereocenters. The maximum Gasteiger partial charge on any atom is 0.120 e. The quantitative estimate of drug-likeness (QED) is 0.309. The third-order valence-electron chi connectivity index (χ3n) is 5.20. The molecule has 168 valence electrons. The van der Waals surface area contributed by atoms with Gasteiger partial charge in [-0.15, -0.1) is 0 Å². The average molecular weight is 468 g/mol. The Kier molecular flexibility index (Phi) is 9.24. The van der Waals surface area contributed by atoms with Crippen molar-refractivity contribution in [2.75, 3.05) is 6.61 Å². The molecule has 0 bridgehead atoms. The van der Waals surface area contributed by atoms with Crippen LogP contribution < -0.4 is 10.5 Å². The average Bonchev–Trinajstić information content (AvgIpc) is 2.80. The second kappa shape index (κ2) is 12.1. The van der Waals surface area contributed by atoms with Crippen molar-refractivity contribution in [3.63, 3.8) is 0 Å². The lowest BCUT2D eigenvalue weighted by atomic mass is 9.93. The topological polar surface area (TPSA) is 55.5 Å². The van der Waals surface area contributed by atoms with E-state index in [0.717, 1.165) is 44.5 Å². The summed E-state index contributed by atoms with van der Waals surface area (Å²) in [7, 11) is 0. The van der Waals surface area contributed by atoms with E-state index in [0.29, 0.717) is 13.0 Å². The Bertz CT molecular complexity index is 1030. The number of halogens is 1. The van der Waals surface area contributed by atoms with E-state index in [1.807, 2.05) is 61.5 Å². The maximum atomic E-state index is 9.54. The van der Waals surface area contributed by atoms with Gasteiger partial charge in [-0.05, 0) is 67.6 Å². The first kappa shape index (κ1) is 24.4. The first-order valence-corrected chi connectivity index (χ1v) is 12.0. The SMILES string of the molecule is CC=CC(N)(CO)CCCc1ccc(Sc2cccc(OCc3ccccc3)c2)cc1Cl. The highest BCUT2D eigenvalue weighted by atomic mass is 35.5. The van der Waals surface area contributed by atoms with E-state index < -0.39 is 5.54 Å². The summed E-state index contributed by atoms with van der Waals surface area (Å²) in [6.45, 7) is 2.40. The fraction of sp³-hybridized carbons (Fsp3) is 0.259. The lowest BCUT2D eigenvalue weighted by Crippen LogP contribution is -2.41. The lowest BCUT2D eigenvalue weighted by Gasteiger charge is -2.23. The molecule has 0 saturated carbocycles. The summed E-state index contributed by atoms with van der Waals surface area (Å²) >= 11 is 8.21. The normalized spacial score (nSPS) is 13.2. The van der Waals surface area contributed by atoms with Gasteiger partial charge >= 0.3 is 0 Å². The Balaban J connectivity index is 1.57. The van der Waals surface area contributed by atoms with Crippen LogP contribution in [0.3, 0.4) is 0 Å². The van der Waals surface area contributed by atoms with E-state index in [2.05, 4.69) is 30.3 Å². The van der Waals surface area contributed by atoms with Gasteiger partial charge in [0.05, 0.1) is 12.1 Å². The van der Waals surface area contributed by atoms with Crippen LogP contribution in [0.25, 0.3) is 0 Å². The molecule has 0 aromatic heterocycles. The highest BCUT2D eigenvalue weighted by molar-refractivity contribution is 7.99. The van der Waals surface area contributed by atoms with E-state index in [1.165, 1.54) is 0 Å². The molecular formula is C27H30ClNO2S. The largest absolute Gasteiger partial charge is 0.489 e. The summed E-state index contributed by atoms with van der Waals surface area (Å²) < 4.78 is 5.94. The third kappa shape index (κ3) is 7.42. The zero-order valence-electron chi connectivity index (χ0n) is 18.3. The van der Waals surface area contributed by atoms with Crippen molar-refractivity contribution in [3.05, 3.63) is 101 Å². The lowest BCUT2D eigenvalue weighted by molar-refractivity contribution is 0.217. The van der Waals surface area contributed by atoms with Crippen molar-refractivity contribution in [1.82, 2.24) is 0 Å². The molecule has 0 heterocycles. The number of aryl methyl sites for hydroxylation is 1. The van der Waals surface area contributed by atoms with Crippen LogP contribution in [0.2, 0.25) is 5.02 Å². The number of hydrogen-bond donors (Lipinski definition) is 2. The Morgan fingerprint density at radius 2 is 1.81 bits per heavy atom. The van der Waals surface area contributed by atoms with Gasteiger partial charge in [-0.1, -0.05) is 78.0 Å². The second-order valence-corrected chi connectivity index (χ2v) is 9.40. The molecule has 0 saturated heterocycles. The first-order chi connectivity index (χ1) is 15.5. The summed E-state index contributed by atoms with van der Waals surface area (Å²) in [6, 6.07) is 24.4. The number of hydrogen-bond acceptors (Lipinski definition) is 4. The zero-order valence-corrected chi connectivity index (χ0v) is 19.9. The molecular weight excluding hydrogens is 438 g/mol. The Morgan fingerprint density at radius 3 is 2.53 bits per heavy atom. The number of allylic oxidation sites excluding steroid dienone is 1. The van der Waals surface area contributed by atoms with Crippen LogP contribution >= 0.6 is 23.4 Å². The predicted molar refractivity (Wildman–Crippen MR) is 135 cm³/mol. The molecule has 0 amide bonds. The van der Waals surface area contributed by atoms with Crippen molar-refractivity contribution in [2.24, 2.45) is 5.73 Å². The summed E-state index contributed by atoms with van der Waals surface area (Å²) in [6.07, 6.45) is 6.14. The Hall–Kier alpha value is -2.24. The minimum absolute atomic E-state index is 0.0607. The van der Waals surface area contributed by atoms with E-state index >= 15 is 0 Å². The van der Waals surface area contributed by atoms with Crippen LogP contribution in [0.15, 0.2) is 94.7 Å². The fourth-order valence-electron chi connectivity index (χ4n) is 3.45. The van der Waals surface area contributed by atoms with Crippen LogP contribution in [-0.2, 0) is 13.0 Å². The van der Waals surface area contributed by atoms with Gasteiger partial charge in [-0.3, -0.25) is 0 Å². The van der Waals surface area contributed by atoms with Gasteiger partial charge in [0.1, 0.15) is 12.4 Å². The second-order valence-electron chi connectivity index (χ2n) is 7.85. The Morgan fingerprint density at radius 1 is 1.03 bits per heavy atom. The van der Waals surface area contributed by atoms with Crippen LogP contribution in [0.4, 0.5) is 0 Å². The van der Waals surface area contributed by atoms with Gasteiger partial charge in [0.15, 0.2) is 0 Å². The first-order valence-electron chi connectivity index (χ1n) is 10.8. The molecule has 3 nitrogen and oxygen atoms in total. The standard InChI is InChI=1S/C27H30ClNO2S/c1-2-15-27(29,20-30)16-7-10-22-13-14-25(18-26(22)28)32-24-12-6-11-23(17-24)31-19-21-8-4-3-5-9-21/h2-6,8-9,11-15,17-18,30H,7,10,16,19-20,29H2,1H3. The van der Waals surface area contributed by atoms with Gasteiger partial charge < -0.3 is 15.6 Å². The fourth-order valence-corrected chi connectivity index (χ4v) is 4.70. The van der Waals surface area contributed by atoms with Crippen LogP contribution in [-0.4, -0.2) is 17.3 Å². The van der Waals surface area contributed by atoms with Gasteiger partial charge in [0, 0.05) is 14.8 Å². The maximum absolute atomic E-state index is 9.54. The number of nitrogens with two attached hydrogens (primary N) is 1. The number of benzene rings is 3. The molecule has 0 aliphatic carbocycles. The number of aliphatic hydroxyl groups excluding tert-OH is 1. The van der Waals surface area contributed by atoms with Gasteiger partial charge in [0.25, 0.3) is 0 Å². The van der Waals surface area contributed by atoms with E-state index in [1.54, 1.807) is 11.8 Å². The van der Waals surface area contributed by atoms with Crippen LogP contribution in [0.5, 0.6) is 5.75 Å². The molecule has 1 atom stereocenters. The molecule has 3 rings (SSSR count). The van der Waals surface area contributed by atoms with Crippen LogP contribution in [0.1, 0.15) is 30.9 Å². The molecule has 5 heteroatoms. The van der Waals surface area contributed by atoms with Gasteiger partial charge in [0.2, 0.25) is 0 Å². The molecule has 3 aromatic carbocycles. The number of ether oxygens (including phenoxy) is 1. The van der Waals surface area contributed by atoms with Gasteiger partial charge in [-0.2, -0.15) is 0 Å². The Labute approximate surface area is 200 Å². The molecule has 3 aromatic rings. The van der Waals surface area contributed by atoms with Crippen molar-refractivity contribution in [3.8, 4) is 5.75 Å². The summed E-state index contributed by atoms with van der Waals surface area (Å²) in [4.78, 5) is 2.18. The number of rotatable bonds is 11. The van der Waals surface area contributed by atoms with E-state index in [4.69, 9.17) is 22.1 Å². The minimum Gasteiger partial charge on any atom is -0.489 e. The number of aliphatic hydroxyl groups is 1. The van der Waals surface area contributed by atoms with E-state index in [-0.39, 0.29) is 6.61 Å².